The van der Waals surface area contributed by atoms with E-state index >= 15 is 0 Å². The number of rotatable bonds is 7. The lowest BCUT2D eigenvalue weighted by molar-refractivity contribution is -0.127. The van der Waals surface area contributed by atoms with Crippen molar-refractivity contribution < 1.29 is 9.53 Å². The fourth-order valence-electron chi connectivity index (χ4n) is 4.11. The number of carbonyl (C=O) groups is 1. The van der Waals surface area contributed by atoms with Gasteiger partial charge in [-0.15, -0.1) is 12.4 Å². The number of nitrogens with one attached hydrogen (secondary N) is 1. The lowest BCUT2D eigenvalue weighted by atomic mass is 9.84. The van der Waals surface area contributed by atoms with Crippen LogP contribution in [0.5, 0.6) is 5.75 Å². The lowest BCUT2D eigenvalue weighted by Crippen LogP contribution is -2.45. The van der Waals surface area contributed by atoms with Gasteiger partial charge >= 0.3 is 0 Å². The SMILES string of the molecule is Cc1ccc(OCCCCNC(=O)C2C3CCC(C3)C2N)cc1.Cl. The van der Waals surface area contributed by atoms with E-state index in [2.05, 4.69) is 12.2 Å². The van der Waals surface area contributed by atoms with Crippen LogP contribution in [0.4, 0.5) is 0 Å². The molecule has 134 valence electrons. The van der Waals surface area contributed by atoms with Crippen LogP contribution >= 0.6 is 12.4 Å². The van der Waals surface area contributed by atoms with Crippen LogP contribution in [-0.2, 0) is 4.79 Å². The van der Waals surface area contributed by atoms with Crippen LogP contribution in [0.3, 0.4) is 0 Å². The molecule has 24 heavy (non-hydrogen) atoms. The number of halogens is 1. The molecule has 0 spiro atoms. The van der Waals surface area contributed by atoms with E-state index in [1.165, 1.54) is 18.4 Å². The number of unbranched alkanes of at least 4 members (excludes halogenated alkanes) is 1. The maximum absolute atomic E-state index is 12.3. The number of ether oxygens (including phenoxy) is 1. The van der Waals surface area contributed by atoms with Gasteiger partial charge in [-0.1, -0.05) is 17.7 Å². The second-order valence-corrected chi connectivity index (χ2v) is 7.10. The maximum atomic E-state index is 12.3. The molecule has 4 nitrogen and oxygen atoms in total. The molecule has 2 aliphatic rings. The molecule has 0 saturated heterocycles. The maximum Gasteiger partial charge on any atom is 0.224 e. The van der Waals surface area contributed by atoms with E-state index < -0.39 is 0 Å². The first kappa shape index (κ1) is 19.1. The molecule has 2 bridgehead atoms. The molecule has 4 atom stereocenters. The summed E-state index contributed by atoms with van der Waals surface area (Å²) in [7, 11) is 0. The van der Waals surface area contributed by atoms with Crippen molar-refractivity contribution in [2.75, 3.05) is 13.2 Å². The highest BCUT2D eigenvalue weighted by atomic mass is 35.5. The van der Waals surface area contributed by atoms with Gasteiger partial charge < -0.3 is 15.8 Å². The second kappa shape index (κ2) is 8.72. The van der Waals surface area contributed by atoms with Gasteiger partial charge in [-0.25, -0.2) is 0 Å². The summed E-state index contributed by atoms with van der Waals surface area (Å²) in [5.41, 5.74) is 7.45. The summed E-state index contributed by atoms with van der Waals surface area (Å²) in [6.45, 7) is 3.47. The second-order valence-electron chi connectivity index (χ2n) is 7.10. The fraction of sp³-hybridized carbons (Fsp3) is 0.632. The first-order valence-corrected chi connectivity index (χ1v) is 8.88. The number of nitrogens with two attached hydrogens (primary N) is 1. The summed E-state index contributed by atoms with van der Waals surface area (Å²) in [5.74, 6) is 2.24. The van der Waals surface area contributed by atoms with Crippen molar-refractivity contribution in [2.45, 2.75) is 45.1 Å². The third-order valence-corrected chi connectivity index (χ3v) is 5.44. The summed E-state index contributed by atoms with van der Waals surface area (Å²) in [6, 6.07) is 8.17. The van der Waals surface area contributed by atoms with Crippen molar-refractivity contribution in [3.8, 4) is 5.75 Å². The number of fused-ring (bicyclic) bond motifs is 2. The summed E-state index contributed by atoms with van der Waals surface area (Å²) < 4.78 is 5.69. The Balaban J connectivity index is 0.00000208. The quantitative estimate of drug-likeness (QED) is 0.741. The van der Waals surface area contributed by atoms with Crippen LogP contribution < -0.4 is 15.8 Å². The van der Waals surface area contributed by atoms with E-state index in [0.29, 0.717) is 18.4 Å². The number of carbonyl (C=O) groups excluding carboxylic acids is 1. The minimum absolute atomic E-state index is 0. The number of aryl methyl sites for hydroxylation is 1. The number of hydrogen-bond donors (Lipinski definition) is 2. The highest BCUT2D eigenvalue weighted by Crippen LogP contribution is 2.47. The molecule has 3 N–H and O–H groups in total. The lowest BCUT2D eigenvalue weighted by Gasteiger charge is -2.27. The van der Waals surface area contributed by atoms with E-state index in [4.69, 9.17) is 10.5 Å². The van der Waals surface area contributed by atoms with E-state index in [1.807, 2.05) is 24.3 Å². The zero-order valence-electron chi connectivity index (χ0n) is 14.4. The Labute approximate surface area is 150 Å². The Hall–Kier alpha value is -1.26. The highest BCUT2D eigenvalue weighted by molar-refractivity contribution is 5.85. The van der Waals surface area contributed by atoms with Crippen LogP contribution in [0.1, 0.15) is 37.7 Å². The van der Waals surface area contributed by atoms with Crippen molar-refractivity contribution in [1.29, 1.82) is 0 Å². The molecule has 0 radical (unpaired) electrons. The van der Waals surface area contributed by atoms with Crippen LogP contribution in [0.2, 0.25) is 0 Å². The van der Waals surface area contributed by atoms with Crippen LogP contribution in [0, 0.1) is 24.7 Å². The van der Waals surface area contributed by atoms with Crippen LogP contribution in [0.15, 0.2) is 24.3 Å². The van der Waals surface area contributed by atoms with Gasteiger partial charge in [0.15, 0.2) is 0 Å². The molecule has 2 aliphatic carbocycles. The summed E-state index contributed by atoms with van der Waals surface area (Å²) in [6.07, 6.45) is 5.43. The Morgan fingerprint density at radius 1 is 1.21 bits per heavy atom. The van der Waals surface area contributed by atoms with Crippen molar-refractivity contribution in [2.24, 2.45) is 23.5 Å². The molecule has 0 aliphatic heterocycles. The van der Waals surface area contributed by atoms with Gasteiger partial charge in [0.2, 0.25) is 5.91 Å². The van der Waals surface area contributed by atoms with Crippen molar-refractivity contribution in [3.63, 3.8) is 0 Å². The third-order valence-electron chi connectivity index (χ3n) is 5.44. The third kappa shape index (κ3) is 4.42. The smallest absolute Gasteiger partial charge is 0.224 e. The molecule has 1 amide bonds. The van der Waals surface area contributed by atoms with Gasteiger partial charge in [-0.3, -0.25) is 4.79 Å². The largest absolute Gasteiger partial charge is 0.494 e. The average Bonchev–Trinajstić information content (AvgIpc) is 3.13. The van der Waals surface area contributed by atoms with Gasteiger partial charge in [-0.2, -0.15) is 0 Å². The van der Waals surface area contributed by atoms with E-state index in [9.17, 15) is 4.79 Å². The molecule has 2 saturated carbocycles. The molecule has 0 aromatic heterocycles. The topological polar surface area (TPSA) is 64.3 Å². The van der Waals surface area contributed by atoms with Crippen molar-refractivity contribution in [1.82, 2.24) is 5.32 Å². The van der Waals surface area contributed by atoms with E-state index in [1.54, 1.807) is 0 Å². The zero-order chi connectivity index (χ0) is 16.2. The molecular weight excluding hydrogens is 324 g/mol. The standard InChI is InChI=1S/C19H28N2O2.ClH/c1-13-4-8-16(9-5-13)23-11-3-2-10-21-19(22)17-14-6-7-15(12-14)18(17)20;/h4-5,8-9,14-15,17-18H,2-3,6-7,10-12,20H2,1H3,(H,21,22);1H. The van der Waals surface area contributed by atoms with Crippen molar-refractivity contribution in [3.05, 3.63) is 29.8 Å². The molecule has 0 heterocycles. The predicted octanol–water partition coefficient (Wildman–Crippen LogP) is 3.07. The summed E-state index contributed by atoms with van der Waals surface area (Å²) in [4.78, 5) is 12.3. The Bertz CT molecular complexity index is 533. The van der Waals surface area contributed by atoms with E-state index in [-0.39, 0.29) is 30.3 Å². The number of benzene rings is 1. The van der Waals surface area contributed by atoms with Gasteiger partial charge in [0.05, 0.1) is 12.5 Å². The normalized spacial score (nSPS) is 27.6. The molecule has 1 aromatic rings. The predicted molar refractivity (Wildman–Crippen MR) is 98.5 cm³/mol. The molecule has 1 aromatic carbocycles. The minimum atomic E-state index is 0. The Kier molecular flexibility index (Phi) is 6.93. The number of hydrogen-bond acceptors (Lipinski definition) is 3. The first-order chi connectivity index (χ1) is 11.1. The summed E-state index contributed by atoms with van der Waals surface area (Å²) in [5, 5.41) is 3.07. The monoisotopic (exact) mass is 352 g/mol. The van der Waals surface area contributed by atoms with Gasteiger partial charge in [0.25, 0.3) is 0 Å². The van der Waals surface area contributed by atoms with Crippen LogP contribution in [0.25, 0.3) is 0 Å². The van der Waals surface area contributed by atoms with Gasteiger partial charge in [-0.05, 0) is 63.0 Å². The molecule has 3 rings (SSSR count). The molecule has 4 unspecified atom stereocenters. The van der Waals surface area contributed by atoms with Gasteiger partial charge in [0.1, 0.15) is 5.75 Å². The highest BCUT2D eigenvalue weighted by Gasteiger charge is 2.48. The zero-order valence-corrected chi connectivity index (χ0v) is 15.2. The molecular formula is C19H29ClN2O2. The van der Waals surface area contributed by atoms with Gasteiger partial charge in [0, 0.05) is 12.6 Å². The fourth-order valence-corrected chi connectivity index (χ4v) is 4.11. The Morgan fingerprint density at radius 3 is 2.58 bits per heavy atom. The van der Waals surface area contributed by atoms with Crippen LogP contribution in [-0.4, -0.2) is 25.1 Å². The van der Waals surface area contributed by atoms with Crippen molar-refractivity contribution >= 4 is 18.3 Å². The summed E-state index contributed by atoms with van der Waals surface area (Å²) >= 11 is 0. The number of amides is 1. The minimum Gasteiger partial charge on any atom is -0.494 e. The average molecular weight is 353 g/mol. The molecule has 5 heteroatoms. The van der Waals surface area contributed by atoms with E-state index in [0.717, 1.165) is 31.6 Å². The molecule has 2 fully saturated rings. The first-order valence-electron chi connectivity index (χ1n) is 8.88. The Morgan fingerprint density at radius 2 is 1.92 bits per heavy atom.